The third-order valence-electron chi connectivity index (χ3n) is 3.10. The lowest BCUT2D eigenvalue weighted by molar-refractivity contribution is 0.111. The summed E-state index contributed by atoms with van der Waals surface area (Å²) in [5.41, 5.74) is 1.19. The van der Waals surface area contributed by atoms with E-state index in [1.807, 2.05) is 24.3 Å². The van der Waals surface area contributed by atoms with E-state index in [2.05, 4.69) is 6.92 Å². The number of unbranched alkanes of at least 4 members (excludes halogenated alkanes) is 1. The minimum Gasteiger partial charge on any atom is -0.457 e. The molecule has 0 unspecified atom stereocenters. The molecule has 0 saturated carbocycles. The monoisotopic (exact) mass is 272 g/mol. The first kappa shape index (κ1) is 14.3. The first-order valence-electron chi connectivity index (χ1n) is 6.75. The van der Waals surface area contributed by atoms with Crippen LogP contribution in [0.1, 0.15) is 35.7 Å². The van der Waals surface area contributed by atoms with Crippen LogP contribution in [0.4, 0.5) is 4.39 Å². The van der Waals surface area contributed by atoms with Gasteiger partial charge in [0.1, 0.15) is 17.3 Å². The van der Waals surface area contributed by atoms with Crippen molar-refractivity contribution < 1.29 is 13.9 Å². The Labute approximate surface area is 118 Å². The predicted octanol–water partition coefficient (Wildman–Crippen LogP) is 4.77. The van der Waals surface area contributed by atoms with Crippen molar-refractivity contribution in [3.63, 3.8) is 0 Å². The van der Waals surface area contributed by atoms with Gasteiger partial charge in [-0.25, -0.2) is 4.39 Å². The number of benzene rings is 2. The molecule has 2 aromatic carbocycles. The number of hydrogen-bond acceptors (Lipinski definition) is 2. The number of rotatable bonds is 6. The molecule has 0 radical (unpaired) electrons. The van der Waals surface area contributed by atoms with E-state index in [9.17, 15) is 9.18 Å². The SMILES string of the molecule is CCCCc1ccc(Oc2cccc(F)c2C=O)cc1. The van der Waals surface area contributed by atoms with Crippen LogP contribution in [-0.2, 0) is 6.42 Å². The molecule has 0 aliphatic carbocycles. The maximum atomic E-state index is 13.4. The fraction of sp³-hybridized carbons (Fsp3) is 0.235. The Morgan fingerprint density at radius 3 is 2.55 bits per heavy atom. The Kier molecular flexibility index (Phi) is 4.88. The smallest absolute Gasteiger partial charge is 0.156 e. The van der Waals surface area contributed by atoms with Crippen molar-refractivity contribution in [2.45, 2.75) is 26.2 Å². The molecule has 0 spiro atoms. The van der Waals surface area contributed by atoms with Crippen molar-refractivity contribution in [1.29, 1.82) is 0 Å². The van der Waals surface area contributed by atoms with E-state index in [0.717, 1.165) is 19.3 Å². The van der Waals surface area contributed by atoms with Gasteiger partial charge in [-0.1, -0.05) is 31.5 Å². The molecule has 2 aromatic rings. The highest BCUT2D eigenvalue weighted by Gasteiger charge is 2.09. The van der Waals surface area contributed by atoms with Gasteiger partial charge in [0.05, 0.1) is 5.56 Å². The van der Waals surface area contributed by atoms with E-state index in [4.69, 9.17) is 4.74 Å². The molecule has 0 aromatic heterocycles. The minimum absolute atomic E-state index is 0.0532. The molecule has 0 amide bonds. The second-order valence-corrected chi connectivity index (χ2v) is 4.62. The van der Waals surface area contributed by atoms with E-state index in [0.29, 0.717) is 12.0 Å². The minimum atomic E-state index is -0.572. The van der Waals surface area contributed by atoms with E-state index >= 15 is 0 Å². The van der Waals surface area contributed by atoms with Gasteiger partial charge in [0, 0.05) is 0 Å². The molecule has 0 fully saturated rings. The molecule has 0 heterocycles. The highest BCUT2D eigenvalue weighted by Crippen LogP contribution is 2.26. The molecule has 0 aliphatic rings. The van der Waals surface area contributed by atoms with Crippen molar-refractivity contribution in [2.75, 3.05) is 0 Å². The summed E-state index contributed by atoms with van der Waals surface area (Å²) in [6, 6.07) is 12.0. The maximum absolute atomic E-state index is 13.4. The zero-order chi connectivity index (χ0) is 14.4. The Morgan fingerprint density at radius 2 is 1.90 bits per heavy atom. The van der Waals surface area contributed by atoms with E-state index in [1.54, 1.807) is 6.07 Å². The van der Waals surface area contributed by atoms with Crippen LogP contribution in [0.2, 0.25) is 0 Å². The number of ether oxygens (including phenoxy) is 1. The third-order valence-corrected chi connectivity index (χ3v) is 3.10. The van der Waals surface area contributed by atoms with Crippen LogP contribution >= 0.6 is 0 Å². The molecular formula is C17H17FO2. The maximum Gasteiger partial charge on any atom is 0.156 e. The summed E-state index contributed by atoms with van der Waals surface area (Å²) < 4.78 is 19.0. The van der Waals surface area contributed by atoms with Gasteiger partial charge in [-0.15, -0.1) is 0 Å². The van der Waals surface area contributed by atoms with Gasteiger partial charge in [0.25, 0.3) is 0 Å². The lowest BCUT2D eigenvalue weighted by Crippen LogP contribution is -1.94. The van der Waals surface area contributed by atoms with Crippen LogP contribution in [0.15, 0.2) is 42.5 Å². The van der Waals surface area contributed by atoms with Crippen molar-refractivity contribution in [3.05, 3.63) is 59.4 Å². The molecule has 20 heavy (non-hydrogen) atoms. The number of carbonyl (C=O) groups excluding carboxylic acids is 1. The summed E-state index contributed by atoms with van der Waals surface area (Å²) in [6.45, 7) is 2.16. The van der Waals surface area contributed by atoms with Crippen molar-refractivity contribution in [2.24, 2.45) is 0 Å². The zero-order valence-corrected chi connectivity index (χ0v) is 11.4. The topological polar surface area (TPSA) is 26.3 Å². The number of carbonyl (C=O) groups is 1. The van der Waals surface area contributed by atoms with E-state index in [1.165, 1.54) is 17.7 Å². The predicted molar refractivity (Wildman–Crippen MR) is 76.9 cm³/mol. The van der Waals surface area contributed by atoms with Gasteiger partial charge >= 0.3 is 0 Å². The highest BCUT2D eigenvalue weighted by molar-refractivity contribution is 5.79. The van der Waals surface area contributed by atoms with Gasteiger partial charge in [0.15, 0.2) is 6.29 Å². The van der Waals surface area contributed by atoms with E-state index in [-0.39, 0.29) is 11.3 Å². The molecule has 0 saturated heterocycles. The standard InChI is InChI=1S/C17H17FO2/c1-2-3-5-13-8-10-14(11-9-13)20-17-7-4-6-16(18)15(17)12-19/h4,6-12H,2-3,5H2,1H3. The molecule has 0 atom stereocenters. The summed E-state index contributed by atoms with van der Waals surface area (Å²) >= 11 is 0. The van der Waals surface area contributed by atoms with Gasteiger partial charge in [-0.05, 0) is 42.7 Å². The summed E-state index contributed by atoms with van der Waals surface area (Å²) in [4.78, 5) is 10.9. The van der Waals surface area contributed by atoms with Crippen LogP contribution in [0.25, 0.3) is 0 Å². The van der Waals surface area contributed by atoms with Gasteiger partial charge in [-0.3, -0.25) is 4.79 Å². The third kappa shape index (κ3) is 3.44. The van der Waals surface area contributed by atoms with Crippen molar-refractivity contribution >= 4 is 6.29 Å². The van der Waals surface area contributed by atoms with Crippen LogP contribution in [-0.4, -0.2) is 6.29 Å². The fourth-order valence-electron chi connectivity index (χ4n) is 1.95. The number of aldehydes is 1. The molecule has 0 bridgehead atoms. The van der Waals surface area contributed by atoms with Gasteiger partial charge < -0.3 is 4.74 Å². The van der Waals surface area contributed by atoms with Gasteiger partial charge in [0.2, 0.25) is 0 Å². The summed E-state index contributed by atoms with van der Waals surface area (Å²) in [6.07, 6.45) is 3.82. The molecule has 0 aliphatic heterocycles. The molecular weight excluding hydrogens is 255 g/mol. The molecule has 3 heteroatoms. The second-order valence-electron chi connectivity index (χ2n) is 4.62. The van der Waals surface area contributed by atoms with Crippen molar-refractivity contribution in [1.82, 2.24) is 0 Å². The Balaban J connectivity index is 2.14. The number of hydrogen-bond donors (Lipinski definition) is 0. The molecule has 2 rings (SSSR count). The molecule has 2 nitrogen and oxygen atoms in total. The summed E-state index contributed by atoms with van der Waals surface area (Å²) in [5.74, 6) is 0.261. The first-order valence-corrected chi connectivity index (χ1v) is 6.75. The lowest BCUT2D eigenvalue weighted by atomic mass is 10.1. The van der Waals surface area contributed by atoms with Crippen LogP contribution in [0, 0.1) is 5.82 Å². The van der Waals surface area contributed by atoms with Gasteiger partial charge in [-0.2, -0.15) is 0 Å². The van der Waals surface area contributed by atoms with Crippen molar-refractivity contribution in [3.8, 4) is 11.5 Å². The Hall–Kier alpha value is -2.16. The van der Waals surface area contributed by atoms with E-state index < -0.39 is 5.82 Å². The normalized spacial score (nSPS) is 10.3. The molecule has 104 valence electrons. The average molecular weight is 272 g/mol. The fourth-order valence-corrected chi connectivity index (χ4v) is 1.95. The second kappa shape index (κ2) is 6.85. The first-order chi connectivity index (χ1) is 9.74. The lowest BCUT2D eigenvalue weighted by Gasteiger charge is -2.09. The molecule has 0 N–H and O–H groups in total. The Bertz CT molecular complexity index is 576. The Morgan fingerprint density at radius 1 is 1.15 bits per heavy atom. The summed E-state index contributed by atoms with van der Waals surface area (Å²) in [5, 5.41) is 0. The summed E-state index contributed by atoms with van der Waals surface area (Å²) in [7, 11) is 0. The zero-order valence-electron chi connectivity index (χ0n) is 11.4. The average Bonchev–Trinajstić information content (AvgIpc) is 2.47. The van der Waals surface area contributed by atoms with Crippen LogP contribution in [0.3, 0.4) is 0 Å². The largest absolute Gasteiger partial charge is 0.457 e. The highest BCUT2D eigenvalue weighted by atomic mass is 19.1. The van der Waals surface area contributed by atoms with Crippen LogP contribution < -0.4 is 4.74 Å². The number of halogens is 1. The van der Waals surface area contributed by atoms with Crippen LogP contribution in [0.5, 0.6) is 11.5 Å². The quantitative estimate of drug-likeness (QED) is 0.708. The number of aryl methyl sites for hydroxylation is 1.